The van der Waals surface area contributed by atoms with E-state index in [9.17, 15) is 18.4 Å². The van der Waals surface area contributed by atoms with Crippen LogP contribution in [0.5, 0.6) is 0 Å². The highest BCUT2D eigenvalue weighted by molar-refractivity contribution is 6.31. The lowest BCUT2D eigenvalue weighted by atomic mass is 10.1. The Morgan fingerprint density at radius 1 is 1.35 bits per heavy atom. The van der Waals surface area contributed by atoms with Crippen LogP contribution >= 0.6 is 11.6 Å². The molecule has 7 heteroatoms. The Morgan fingerprint density at radius 2 is 1.90 bits per heavy atom. The number of amides is 1. The molecule has 0 aliphatic carbocycles. The van der Waals surface area contributed by atoms with E-state index in [1.54, 1.807) is 20.8 Å². The molecule has 0 fully saturated rings. The van der Waals surface area contributed by atoms with Gasteiger partial charge in [-0.3, -0.25) is 0 Å². The molecule has 0 saturated carbocycles. The zero-order valence-corrected chi connectivity index (χ0v) is 11.9. The fourth-order valence-corrected chi connectivity index (χ4v) is 1.66. The lowest BCUT2D eigenvalue weighted by Crippen LogP contribution is -2.35. The third-order valence-corrected chi connectivity index (χ3v) is 2.51. The number of aldehydes is 1. The van der Waals surface area contributed by atoms with Crippen molar-refractivity contribution in [3.05, 3.63) is 34.4 Å². The minimum absolute atomic E-state index is 0.0496. The minimum Gasteiger partial charge on any atom is -0.444 e. The van der Waals surface area contributed by atoms with Gasteiger partial charge in [-0.05, 0) is 32.9 Å². The molecule has 0 aromatic heterocycles. The van der Waals surface area contributed by atoms with Crippen LogP contribution in [0.2, 0.25) is 5.02 Å². The number of carbonyl (C=O) groups excluding carboxylic acids is 2. The first-order chi connectivity index (χ1) is 9.14. The van der Waals surface area contributed by atoms with E-state index in [4.69, 9.17) is 16.3 Å². The molecule has 0 bridgehead atoms. The van der Waals surface area contributed by atoms with Crippen LogP contribution in [-0.2, 0) is 9.53 Å². The Labute approximate surface area is 120 Å². The van der Waals surface area contributed by atoms with Crippen LogP contribution in [0, 0.1) is 11.6 Å². The highest BCUT2D eigenvalue weighted by Gasteiger charge is 2.22. The first-order valence-corrected chi connectivity index (χ1v) is 6.11. The highest BCUT2D eigenvalue weighted by Crippen LogP contribution is 2.25. The van der Waals surface area contributed by atoms with Crippen molar-refractivity contribution in [2.75, 3.05) is 0 Å². The van der Waals surface area contributed by atoms with Crippen molar-refractivity contribution in [2.24, 2.45) is 0 Å². The monoisotopic (exact) mass is 305 g/mol. The van der Waals surface area contributed by atoms with Gasteiger partial charge in [0.2, 0.25) is 0 Å². The van der Waals surface area contributed by atoms with Crippen molar-refractivity contribution >= 4 is 24.0 Å². The van der Waals surface area contributed by atoms with Gasteiger partial charge in [0.05, 0.1) is 0 Å². The van der Waals surface area contributed by atoms with Gasteiger partial charge in [-0.15, -0.1) is 0 Å². The summed E-state index contributed by atoms with van der Waals surface area (Å²) in [5.74, 6) is -2.30. The van der Waals surface area contributed by atoms with E-state index in [0.717, 1.165) is 12.1 Å². The van der Waals surface area contributed by atoms with E-state index in [-0.39, 0.29) is 10.6 Å². The summed E-state index contributed by atoms with van der Waals surface area (Å²) in [6.45, 7) is 4.94. The summed E-state index contributed by atoms with van der Waals surface area (Å²) < 4.78 is 31.1. The van der Waals surface area contributed by atoms with E-state index in [2.05, 4.69) is 5.32 Å². The molecule has 1 aromatic rings. The van der Waals surface area contributed by atoms with Crippen molar-refractivity contribution in [1.29, 1.82) is 0 Å². The van der Waals surface area contributed by atoms with Gasteiger partial charge in [-0.25, -0.2) is 13.6 Å². The Balaban J connectivity index is 2.95. The standard InChI is InChI=1S/C13H14ClF2NO3/c1-13(2,3)20-12(19)17-11(6-18)7-4-9(15)10(16)5-8(7)14/h4-6,11H,1-3H3,(H,17,19). The average molecular weight is 306 g/mol. The van der Waals surface area contributed by atoms with Gasteiger partial charge in [0.15, 0.2) is 11.6 Å². The molecule has 0 radical (unpaired) electrons. The van der Waals surface area contributed by atoms with E-state index in [1.165, 1.54) is 0 Å². The lowest BCUT2D eigenvalue weighted by molar-refractivity contribution is -0.109. The van der Waals surface area contributed by atoms with E-state index >= 15 is 0 Å². The molecule has 0 saturated heterocycles. The number of benzene rings is 1. The molecule has 1 rings (SSSR count). The molecular weight excluding hydrogens is 292 g/mol. The summed E-state index contributed by atoms with van der Waals surface area (Å²) in [5, 5.41) is 2.05. The number of ether oxygens (including phenoxy) is 1. The zero-order chi connectivity index (χ0) is 15.5. The second kappa shape index (κ2) is 6.17. The summed E-state index contributed by atoms with van der Waals surface area (Å²) in [6, 6.07) is 0.264. The molecule has 0 heterocycles. The van der Waals surface area contributed by atoms with Gasteiger partial charge in [-0.2, -0.15) is 0 Å². The summed E-state index contributed by atoms with van der Waals surface area (Å²) in [4.78, 5) is 22.6. The number of rotatable bonds is 3. The molecule has 1 N–H and O–H groups in total. The normalized spacial score (nSPS) is 12.7. The van der Waals surface area contributed by atoms with Gasteiger partial charge in [0.25, 0.3) is 0 Å². The van der Waals surface area contributed by atoms with Crippen molar-refractivity contribution in [3.8, 4) is 0 Å². The molecule has 0 aliphatic heterocycles. The van der Waals surface area contributed by atoms with E-state index in [0.29, 0.717) is 6.29 Å². The van der Waals surface area contributed by atoms with Crippen LogP contribution in [0.1, 0.15) is 32.4 Å². The molecule has 110 valence electrons. The van der Waals surface area contributed by atoms with Gasteiger partial charge in [-0.1, -0.05) is 11.6 Å². The third kappa shape index (κ3) is 4.45. The maximum Gasteiger partial charge on any atom is 0.408 e. The average Bonchev–Trinajstić information content (AvgIpc) is 2.29. The molecule has 1 atom stereocenters. The van der Waals surface area contributed by atoms with Gasteiger partial charge in [0.1, 0.15) is 17.9 Å². The summed E-state index contributed by atoms with van der Waals surface area (Å²) in [6.07, 6.45) is -0.516. The van der Waals surface area contributed by atoms with Crippen LogP contribution in [0.15, 0.2) is 12.1 Å². The van der Waals surface area contributed by atoms with Crippen molar-refractivity contribution in [1.82, 2.24) is 5.32 Å². The maximum atomic E-state index is 13.2. The van der Waals surface area contributed by atoms with E-state index < -0.39 is 29.4 Å². The fraction of sp³-hybridized carbons (Fsp3) is 0.385. The van der Waals surface area contributed by atoms with Gasteiger partial charge < -0.3 is 14.8 Å². The topological polar surface area (TPSA) is 55.4 Å². The van der Waals surface area contributed by atoms with Crippen LogP contribution in [0.4, 0.5) is 13.6 Å². The lowest BCUT2D eigenvalue weighted by Gasteiger charge is -2.22. The Morgan fingerprint density at radius 3 is 2.40 bits per heavy atom. The second-order valence-corrected chi connectivity index (χ2v) is 5.46. The number of carbonyl (C=O) groups is 2. The molecule has 0 aliphatic rings. The molecule has 1 unspecified atom stereocenters. The first-order valence-electron chi connectivity index (χ1n) is 5.73. The molecular formula is C13H14ClF2NO3. The number of hydrogen-bond donors (Lipinski definition) is 1. The maximum absolute atomic E-state index is 13.2. The van der Waals surface area contributed by atoms with Crippen LogP contribution in [0.25, 0.3) is 0 Å². The molecule has 20 heavy (non-hydrogen) atoms. The number of alkyl carbamates (subject to hydrolysis) is 1. The number of nitrogens with one attached hydrogen (secondary N) is 1. The van der Waals surface area contributed by atoms with Crippen molar-refractivity contribution in [2.45, 2.75) is 32.4 Å². The summed E-state index contributed by atoms with van der Waals surface area (Å²) >= 11 is 5.73. The zero-order valence-electron chi connectivity index (χ0n) is 11.2. The first kappa shape index (κ1) is 16.4. The Hall–Kier alpha value is -1.69. The number of hydrogen-bond acceptors (Lipinski definition) is 3. The third-order valence-electron chi connectivity index (χ3n) is 2.18. The molecule has 1 aromatic carbocycles. The SMILES string of the molecule is CC(C)(C)OC(=O)NC(C=O)c1cc(F)c(F)cc1Cl. The minimum atomic E-state index is -1.23. The predicted molar refractivity (Wildman–Crippen MR) is 69.5 cm³/mol. The van der Waals surface area contributed by atoms with Crippen molar-refractivity contribution < 1.29 is 23.1 Å². The van der Waals surface area contributed by atoms with Gasteiger partial charge >= 0.3 is 6.09 Å². The summed E-state index contributed by atoms with van der Waals surface area (Å²) in [5.41, 5.74) is -0.804. The molecule has 0 spiro atoms. The van der Waals surface area contributed by atoms with Gasteiger partial charge in [0, 0.05) is 10.6 Å². The van der Waals surface area contributed by atoms with Crippen molar-refractivity contribution in [3.63, 3.8) is 0 Å². The molecule has 4 nitrogen and oxygen atoms in total. The highest BCUT2D eigenvalue weighted by atomic mass is 35.5. The quantitative estimate of drug-likeness (QED) is 0.688. The van der Waals surface area contributed by atoms with Crippen LogP contribution in [0.3, 0.4) is 0 Å². The number of halogens is 3. The fourth-order valence-electron chi connectivity index (χ4n) is 1.40. The second-order valence-electron chi connectivity index (χ2n) is 5.05. The largest absolute Gasteiger partial charge is 0.444 e. The van der Waals surface area contributed by atoms with E-state index in [1.807, 2.05) is 0 Å². The van der Waals surface area contributed by atoms with Crippen LogP contribution in [-0.4, -0.2) is 18.0 Å². The smallest absolute Gasteiger partial charge is 0.408 e. The Kier molecular flexibility index (Phi) is 5.05. The predicted octanol–water partition coefficient (Wildman–Crippen LogP) is 3.38. The van der Waals surface area contributed by atoms with Crippen LogP contribution < -0.4 is 5.32 Å². The molecule has 1 amide bonds. The Bertz CT molecular complexity index is 529. The summed E-state index contributed by atoms with van der Waals surface area (Å²) in [7, 11) is 0.